The Hall–Kier alpha value is -1.88. The summed E-state index contributed by atoms with van der Waals surface area (Å²) in [4.78, 5) is 25.4. The van der Waals surface area contributed by atoms with E-state index >= 15 is 0 Å². The van der Waals surface area contributed by atoms with Crippen molar-refractivity contribution in [2.75, 3.05) is 0 Å². The first-order valence-electron chi connectivity index (χ1n) is 7.25. The van der Waals surface area contributed by atoms with Gasteiger partial charge in [-0.3, -0.25) is 4.79 Å². The standard InChI is InChI=1S/C16H22N2O3/c1-10(2)7-13(17)15(19)18-9-12-6-4-3-5-11(12)8-14(18)16(20)21/h3-6,10,13-14H,7-9,17H2,1-2H3,(H,20,21)/t13?,14-/m1/s1. The Morgan fingerprint density at radius 1 is 1.33 bits per heavy atom. The van der Waals surface area contributed by atoms with Crippen LogP contribution in [0.15, 0.2) is 24.3 Å². The molecule has 0 radical (unpaired) electrons. The van der Waals surface area contributed by atoms with E-state index in [0.717, 1.165) is 11.1 Å². The summed E-state index contributed by atoms with van der Waals surface area (Å²) >= 11 is 0. The van der Waals surface area contributed by atoms with E-state index in [1.165, 1.54) is 4.90 Å². The average Bonchev–Trinajstić information content (AvgIpc) is 2.44. The molecule has 2 rings (SSSR count). The second kappa shape index (κ2) is 6.26. The Kier molecular flexibility index (Phi) is 4.63. The van der Waals surface area contributed by atoms with Gasteiger partial charge in [-0.2, -0.15) is 0 Å². The summed E-state index contributed by atoms with van der Waals surface area (Å²) in [6.07, 6.45) is 0.898. The fourth-order valence-electron chi connectivity index (χ4n) is 2.80. The predicted octanol–water partition coefficient (Wildman–Crippen LogP) is 1.40. The van der Waals surface area contributed by atoms with E-state index in [4.69, 9.17) is 5.73 Å². The third-order valence-electron chi connectivity index (χ3n) is 3.86. The Bertz CT molecular complexity index is 542. The van der Waals surface area contributed by atoms with Crippen molar-refractivity contribution < 1.29 is 14.7 Å². The van der Waals surface area contributed by atoms with E-state index in [2.05, 4.69) is 0 Å². The second-order valence-electron chi connectivity index (χ2n) is 6.03. The van der Waals surface area contributed by atoms with E-state index < -0.39 is 18.1 Å². The molecule has 1 heterocycles. The summed E-state index contributed by atoms with van der Waals surface area (Å²) in [6.45, 7) is 4.30. The van der Waals surface area contributed by atoms with Gasteiger partial charge in [-0.25, -0.2) is 4.79 Å². The lowest BCUT2D eigenvalue weighted by Crippen LogP contribution is -2.54. The summed E-state index contributed by atoms with van der Waals surface area (Å²) in [5.74, 6) is -0.954. The van der Waals surface area contributed by atoms with Crippen molar-refractivity contribution in [3.05, 3.63) is 35.4 Å². The van der Waals surface area contributed by atoms with E-state index in [-0.39, 0.29) is 5.91 Å². The van der Waals surface area contributed by atoms with Crippen LogP contribution in [0.5, 0.6) is 0 Å². The van der Waals surface area contributed by atoms with Crippen LogP contribution in [0.25, 0.3) is 0 Å². The van der Waals surface area contributed by atoms with Crippen LogP contribution >= 0.6 is 0 Å². The molecule has 5 nitrogen and oxygen atoms in total. The maximum atomic E-state index is 12.5. The smallest absolute Gasteiger partial charge is 0.326 e. The molecular formula is C16H22N2O3. The SMILES string of the molecule is CC(C)CC(N)C(=O)N1Cc2ccccc2C[C@@H]1C(=O)O. The zero-order chi connectivity index (χ0) is 15.6. The molecule has 0 fully saturated rings. The Balaban J connectivity index is 2.24. The summed E-state index contributed by atoms with van der Waals surface area (Å²) in [6, 6.07) is 6.17. The zero-order valence-corrected chi connectivity index (χ0v) is 12.5. The van der Waals surface area contributed by atoms with E-state index in [0.29, 0.717) is 25.3 Å². The average molecular weight is 290 g/mol. The maximum absolute atomic E-state index is 12.5. The van der Waals surface area contributed by atoms with E-state index in [1.54, 1.807) is 0 Å². The number of nitrogens with zero attached hydrogens (tertiary/aromatic N) is 1. The fraction of sp³-hybridized carbons (Fsp3) is 0.500. The molecule has 3 N–H and O–H groups in total. The van der Waals surface area contributed by atoms with Gasteiger partial charge in [0.25, 0.3) is 0 Å². The van der Waals surface area contributed by atoms with Gasteiger partial charge in [-0.15, -0.1) is 0 Å². The van der Waals surface area contributed by atoms with Crippen LogP contribution in [-0.4, -0.2) is 34.0 Å². The molecule has 1 aromatic rings. The minimum Gasteiger partial charge on any atom is -0.480 e. The fourth-order valence-corrected chi connectivity index (χ4v) is 2.80. The molecule has 1 aromatic carbocycles. The van der Waals surface area contributed by atoms with Crippen LogP contribution < -0.4 is 5.73 Å². The lowest BCUT2D eigenvalue weighted by molar-refractivity contribution is -0.152. The number of carboxylic acids is 1. The molecule has 0 aliphatic carbocycles. The quantitative estimate of drug-likeness (QED) is 0.878. The molecule has 0 saturated carbocycles. The van der Waals surface area contributed by atoms with Crippen molar-refractivity contribution in [2.24, 2.45) is 11.7 Å². The van der Waals surface area contributed by atoms with Gasteiger partial charge in [-0.1, -0.05) is 38.1 Å². The first-order chi connectivity index (χ1) is 9.90. The van der Waals surface area contributed by atoms with Gasteiger partial charge in [0.15, 0.2) is 0 Å². The second-order valence-corrected chi connectivity index (χ2v) is 6.03. The first kappa shape index (κ1) is 15.5. The monoisotopic (exact) mass is 290 g/mol. The highest BCUT2D eigenvalue weighted by Gasteiger charge is 2.36. The molecule has 1 aliphatic rings. The molecule has 2 atom stereocenters. The predicted molar refractivity (Wildman–Crippen MR) is 79.6 cm³/mol. The molecule has 1 amide bonds. The molecule has 0 spiro atoms. The largest absolute Gasteiger partial charge is 0.480 e. The normalized spacial score (nSPS) is 19.2. The molecule has 0 saturated heterocycles. The van der Waals surface area contributed by atoms with Crippen LogP contribution in [0.1, 0.15) is 31.4 Å². The number of fused-ring (bicyclic) bond motifs is 1. The minimum atomic E-state index is -0.977. The van der Waals surface area contributed by atoms with Crippen LogP contribution in [0, 0.1) is 5.92 Å². The van der Waals surface area contributed by atoms with Gasteiger partial charge in [0.2, 0.25) is 5.91 Å². The van der Waals surface area contributed by atoms with E-state index in [9.17, 15) is 14.7 Å². The van der Waals surface area contributed by atoms with Crippen LogP contribution in [0.3, 0.4) is 0 Å². The topological polar surface area (TPSA) is 83.6 Å². The number of carboxylic acid groups (broad SMARTS) is 1. The van der Waals surface area contributed by atoms with Crippen molar-refractivity contribution in [1.82, 2.24) is 4.90 Å². The highest BCUT2D eigenvalue weighted by molar-refractivity contribution is 5.87. The van der Waals surface area contributed by atoms with Gasteiger partial charge in [0.05, 0.1) is 6.04 Å². The molecule has 5 heteroatoms. The molecule has 0 aromatic heterocycles. The Labute approximate surface area is 124 Å². The first-order valence-corrected chi connectivity index (χ1v) is 7.25. The number of benzene rings is 1. The summed E-state index contributed by atoms with van der Waals surface area (Å²) in [5.41, 5.74) is 7.94. The van der Waals surface area contributed by atoms with E-state index in [1.807, 2.05) is 38.1 Å². The Morgan fingerprint density at radius 3 is 2.52 bits per heavy atom. The van der Waals surface area contributed by atoms with Crippen LogP contribution in [-0.2, 0) is 22.6 Å². The zero-order valence-electron chi connectivity index (χ0n) is 12.5. The molecule has 1 aliphatic heterocycles. The summed E-state index contributed by atoms with van der Waals surface area (Å²) in [5, 5.41) is 9.41. The lowest BCUT2D eigenvalue weighted by atomic mass is 9.92. The van der Waals surface area contributed by atoms with Crippen molar-refractivity contribution in [3.8, 4) is 0 Å². The van der Waals surface area contributed by atoms with Crippen LogP contribution in [0.4, 0.5) is 0 Å². The van der Waals surface area contributed by atoms with Crippen molar-refractivity contribution >= 4 is 11.9 Å². The van der Waals surface area contributed by atoms with Crippen molar-refractivity contribution in [3.63, 3.8) is 0 Å². The highest BCUT2D eigenvalue weighted by Crippen LogP contribution is 2.24. The molecular weight excluding hydrogens is 268 g/mol. The third-order valence-corrected chi connectivity index (χ3v) is 3.86. The van der Waals surface area contributed by atoms with Gasteiger partial charge < -0.3 is 15.7 Å². The van der Waals surface area contributed by atoms with Gasteiger partial charge in [0.1, 0.15) is 6.04 Å². The third kappa shape index (κ3) is 3.42. The number of rotatable bonds is 4. The van der Waals surface area contributed by atoms with Crippen molar-refractivity contribution in [2.45, 2.75) is 45.3 Å². The number of hydrogen-bond donors (Lipinski definition) is 2. The van der Waals surface area contributed by atoms with Crippen molar-refractivity contribution in [1.29, 1.82) is 0 Å². The maximum Gasteiger partial charge on any atom is 0.326 e. The molecule has 21 heavy (non-hydrogen) atoms. The molecule has 114 valence electrons. The van der Waals surface area contributed by atoms with Gasteiger partial charge in [0, 0.05) is 13.0 Å². The lowest BCUT2D eigenvalue weighted by Gasteiger charge is -2.36. The molecule has 1 unspecified atom stereocenters. The Morgan fingerprint density at radius 2 is 1.95 bits per heavy atom. The number of amides is 1. The number of carbonyl (C=O) groups excluding carboxylic acids is 1. The number of nitrogens with two attached hydrogens (primary N) is 1. The van der Waals surface area contributed by atoms with Crippen LogP contribution in [0.2, 0.25) is 0 Å². The highest BCUT2D eigenvalue weighted by atomic mass is 16.4. The number of aliphatic carboxylic acids is 1. The number of hydrogen-bond acceptors (Lipinski definition) is 3. The van der Waals surface area contributed by atoms with Gasteiger partial charge in [-0.05, 0) is 23.5 Å². The number of carbonyl (C=O) groups is 2. The minimum absolute atomic E-state index is 0.273. The summed E-state index contributed by atoms with van der Waals surface area (Å²) in [7, 11) is 0. The summed E-state index contributed by atoms with van der Waals surface area (Å²) < 4.78 is 0. The molecule has 0 bridgehead atoms. The van der Waals surface area contributed by atoms with Gasteiger partial charge >= 0.3 is 5.97 Å².